The average molecular weight is 376 g/mol. The number of hydrogen-bond acceptors (Lipinski definition) is 4. The SMILES string of the molecule is CSCC[C@H](NC(=O)CCOc1cccc(Br)c1)C(=O)O. The Labute approximate surface area is 136 Å². The Morgan fingerprint density at radius 1 is 1.48 bits per heavy atom. The van der Waals surface area contributed by atoms with Crippen molar-refractivity contribution in [3.8, 4) is 5.75 Å². The summed E-state index contributed by atoms with van der Waals surface area (Å²) >= 11 is 4.88. The van der Waals surface area contributed by atoms with Gasteiger partial charge < -0.3 is 15.2 Å². The van der Waals surface area contributed by atoms with Gasteiger partial charge in [0.25, 0.3) is 0 Å². The predicted octanol–water partition coefficient (Wildman–Crippen LogP) is 2.54. The second-order valence-corrected chi connectivity index (χ2v) is 6.20. The standard InChI is InChI=1S/C14H18BrNO4S/c1-21-8-6-12(14(18)19)16-13(17)5-7-20-11-4-2-3-10(15)9-11/h2-4,9,12H,5-8H2,1H3,(H,16,17)(H,18,19)/t12-/m0/s1. The van der Waals surface area contributed by atoms with Crippen molar-refractivity contribution in [1.29, 1.82) is 0 Å². The van der Waals surface area contributed by atoms with Crippen LogP contribution < -0.4 is 10.1 Å². The number of rotatable bonds is 9. The highest BCUT2D eigenvalue weighted by molar-refractivity contribution is 9.10. The molecule has 21 heavy (non-hydrogen) atoms. The molecule has 0 unspecified atom stereocenters. The highest BCUT2D eigenvalue weighted by atomic mass is 79.9. The Bertz CT molecular complexity index is 484. The summed E-state index contributed by atoms with van der Waals surface area (Å²) in [5, 5.41) is 11.5. The van der Waals surface area contributed by atoms with Crippen molar-refractivity contribution >= 4 is 39.6 Å². The molecule has 0 aromatic heterocycles. The van der Waals surface area contributed by atoms with Crippen molar-refractivity contribution in [2.75, 3.05) is 18.6 Å². The molecule has 1 amide bonds. The lowest BCUT2D eigenvalue weighted by molar-refractivity contribution is -0.141. The number of hydrogen-bond donors (Lipinski definition) is 2. The zero-order valence-corrected chi connectivity index (χ0v) is 14.1. The minimum absolute atomic E-state index is 0.121. The minimum Gasteiger partial charge on any atom is -0.493 e. The molecule has 7 heteroatoms. The van der Waals surface area contributed by atoms with Crippen LogP contribution >= 0.6 is 27.7 Å². The number of aliphatic carboxylic acids is 1. The van der Waals surface area contributed by atoms with E-state index in [1.165, 1.54) is 0 Å². The van der Waals surface area contributed by atoms with E-state index >= 15 is 0 Å². The van der Waals surface area contributed by atoms with Gasteiger partial charge in [0.05, 0.1) is 13.0 Å². The summed E-state index contributed by atoms with van der Waals surface area (Å²) in [6.07, 6.45) is 2.43. The number of carbonyl (C=O) groups excluding carboxylic acids is 1. The van der Waals surface area contributed by atoms with E-state index < -0.39 is 12.0 Å². The molecule has 0 spiro atoms. The van der Waals surface area contributed by atoms with Crippen LogP contribution in [0, 0.1) is 0 Å². The van der Waals surface area contributed by atoms with Crippen LogP contribution in [0.2, 0.25) is 0 Å². The average Bonchev–Trinajstić information content (AvgIpc) is 2.43. The van der Waals surface area contributed by atoms with Crippen molar-refractivity contribution in [2.24, 2.45) is 0 Å². The lowest BCUT2D eigenvalue weighted by atomic mass is 10.2. The summed E-state index contributed by atoms with van der Waals surface area (Å²) in [6.45, 7) is 0.206. The van der Waals surface area contributed by atoms with Crippen molar-refractivity contribution in [3.05, 3.63) is 28.7 Å². The molecule has 116 valence electrons. The highest BCUT2D eigenvalue weighted by Crippen LogP contribution is 2.17. The van der Waals surface area contributed by atoms with Gasteiger partial charge in [-0.2, -0.15) is 11.8 Å². The van der Waals surface area contributed by atoms with Crippen molar-refractivity contribution in [3.63, 3.8) is 0 Å². The van der Waals surface area contributed by atoms with E-state index in [-0.39, 0.29) is 18.9 Å². The van der Waals surface area contributed by atoms with Crippen LogP contribution in [0.15, 0.2) is 28.7 Å². The van der Waals surface area contributed by atoms with Gasteiger partial charge in [-0.25, -0.2) is 4.79 Å². The molecule has 0 saturated carbocycles. The first-order valence-corrected chi connectivity index (χ1v) is 8.61. The van der Waals surface area contributed by atoms with Crippen molar-refractivity contribution < 1.29 is 19.4 Å². The van der Waals surface area contributed by atoms with E-state index in [0.717, 1.165) is 4.47 Å². The maximum atomic E-state index is 11.7. The molecule has 1 atom stereocenters. The number of carboxylic acids is 1. The van der Waals surface area contributed by atoms with Crippen LogP contribution in [0.1, 0.15) is 12.8 Å². The third kappa shape index (κ3) is 7.38. The Morgan fingerprint density at radius 3 is 2.86 bits per heavy atom. The lowest BCUT2D eigenvalue weighted by Crippen LogP contribution is -2.41. The first-order valence-electron chi connectivity index (χ1n) is 6.42. The number of nitrogens with one attached hydrogen (secondary N) is 1. The first-order chi connectivity index (χ1) is 10.0. The highest BCUT2D eigenvalue weighted by Gasteiger charge is 2.19. The van der Waals surface area contributed by atoms with Gasteiger partial charge in [0.2, 0.25) is 5.91 Å². The number of ether oxygens (including phenoxy) is 1. The maximum Gasteiger partial charge on any atom is 0.326 e. The topological polar surface area (TPSA) is 75.6 Å². The van der Waals surface area contributed by atoms with Crippen LogP contribution in [-0.2, 0) is 9.59 Å². The van der Waals surface area contributed by atoms with E-state index in [1.54, 1.807) is 23.9 Å². The van der Waals surface area contributed by atoms with Gasteiger partial charge in [0.15, 0.2) is 0 Å². The molecule has 0 saturated heterocycles. The molecule has 2 N–H and O–H groups in total. The second kappa shape index (κ2) is 9.68. The fraction of sp³-hybridized carbons (Fsp3) is 0.429. The van der Waals surface area contributed by atoms with Crippen molar-refractivity contribution in [2.45, 2.75) is 18.9 Å². The monoisotopic (exact) mass is 375 g/mol. The minimum atomic E-state index is -1.01. The summed E-state index contributed by atoms with van der Waals surface area (Å²) in [5.74, 6) is 0.0179. The fourth-order valence-corrected chi connectivity index (χ4v) is 2.43. The number of thioether (sulfide) groups is 1. The van der Waals surface area contributed by atoms with E-state index in [4.69, 9.17) is 9.84 Å². The van der Waals surface area contributed by atoms with Crippen molar-refractivity contribution in [1.82, 2.24) is 5.32 Å². The van der Waals surface area contributed by atoms with E-state index in [2.05, 4.69) is 21.2 Å². The summed E-state index contributed by atoms with van der Waals surface area (Å²) in [6, 6.07) is 6.47. The Kier molecular flexibility index (Phi) is 8.22. The zero-order chi connectivity index (χ0) is 15.7. The molecule has 1 aromatic carbocycles. The molecule has 0 aliphatic heterocycles. The molecule has 0 aliphatic rings. The quantitative estimate of drug-likeness (QED) is 0.693. The maximum absolute atomic E-state index is 11.7. The van der Waals surface area contributed by atoms with Gasteiger partial charge in [0, 0.05) is 4.47 Å². The second-order valence-electron chi connectivity index (χ2n) is 4.30. The van der Waals surface area contributed by atoms with Crippen LogP contribution in [0.25, 0.3) is 0 Å². The first kappa shape index (κ1) is 17.8. The van der Waals surface area contributed by atoms with Gasteiger partial charge in [-0.1, -0.05) is 22.0 Å². The molecule has 0 aliphatic carbocycles. The predicted molar refractivity (Wildman–Crippen MR) is 86.8 cm³/mol. The normalized spacial score (nSPS) is 11.7. The van der Waals surface area contributed by atoms with E-state index in [1.807, 2.05) is 18.4 Å². The largest absolute Gasteiger partial charge is 0.493 e. The number of carboxylic acid groups (broad SMARTS) is 1. The fourth-order valence-electron chi connectivity index (χ4n) is 1.58. The zero-order valence-electron chi connectivity index (χ0n) is 11.7. The number of carbonyl (C=O) groups is 2. The van der Waals surface area contributed by atoms with Gasteiger partial charge in [-0.05, 0) is 36.6 Å². The summed E-state index contributed by atoms with van der Waals surface area (Å²) in [5.41, 5.74) is 0. The van der Waals surface area contributed by atoms with Gasteiger partial charge in [-0.15, -0.1) is 0 Å². The molecule has 0 bridgehead atoms. The molecular weight excluding hydrogens is 358 g/mol. The van der Waals surface area contributed by atoms with E-state index in [9.17, 15) is 9.59 Å². The lowest BCUT2D eigenvalue weighted by Gasteiger charge is -2.14. The van der Waals surface area contributed by atoms with Crippen LogP contribution in [0.4, 0.5) is 0 Å². The molecule has 1 rings (SSSR count). The van der Waals surface area contributed by atoms with Gasteiger partial charge in [0.1, 0.15) is 11.8 Å². The Morgan fingerprint density at radius 2 is 2.24 bits per heavy atom. The molecule has 0 heterocycles. The molecular formula is C14H18BrNO4S. The Balaban J connectivity index is 2.34. The summed E-state index contributed by atoms with van der Waals surface area (Å²) in [7, 11) is 0. The summed E-state index contributed by atoms with van der Waals surface area (Å²) in [4.78, 5) is 22.7. The Hall–Kier alpha value is -1.21. The van der Waals surface area contributed by atoms with Crippen LogP contribution in [0.3, 0.4) is 0 Å². The third-order valence-corrected chi connectivity index (χ3v) is 3.78. The molecule has 0 radical (unpaired) electrons. The summed E-state index contributed by atoms with van der Waals surface area (Å²) < 4.78 is 6.33. The molecule has 0 fully saturated rings. The number of halogens is 1. The smallest absolute Gasteiger partial charge is 0.326 e. The van der Waals surface area contributed by atoms with E-state index in [0.29, 0.717) is 17.9 Å². The van der Waals surface area contributed by atoms with Crippen LogP contribution in [0.5, 0.6) is 5.75 Å². The molecule has 1 aromatic rings. The molecule has 5 nitrogen and oxygen atoms in total. The van der Waals surface area contributed by atoms with Gasteiger partial charge in [-0.3, -0.25) is 4.79 Å². The van der Waals surface area contributed by atoms with Gasteiger partial charge >= 0.3 is 5.97 Å². The van der Waals surface area contributed by atoms with Crippen LogP contribution in [-0.4, -0.2) is 41.6 Å². The number of benzene rings is 1. The number of amides is 1. The third-order valence-electron chi connectivity index (χ3n) is 2.64.